The normalized spacial score (nSPS) is 44.9. The van der Waals surface area contributed by atoms with E-state index in [9.17, 15) is 0 Å². The van der Waals surface area contributed by atoms with Crippen LogP contribution in [-0.4, -0.2) is 9.97 Å². The molecule has 0 aromatic carbocycles. The molecule has 4 fully saturated rings. The van der Waals surface area contributed by atoms with Crippen LogP contribution in [-0.2, 0) is 11.8 Å². The highest BCUT2D eigenvalue weighted by Crippen LogP contribution is 2.60. The molecule has 5 aliphatic rings. The Kier molecular flexibility index (Phi) is 2.23. The minimum atomic E-state index is 0.176. The van der Waals surface area contributed by atoms with Crippen LogP contribution in [0.3, 0.4) is 0 Å². The fraction of sp³-hybridized carbons (Fsp3) is 0.765. The molecular weight excluding hydrogens is 246 g/mol. The van der Waals surface area contributed by atoms with E-state index in [4.69, 9.17) is 15.7 Å². The molecule has 1 aromatic heterocycles. The summed E-state index contributed by atoms with van der Waals surface area (Å²) in [5.74, 6) is 4.05. The van der Waals surface area contributed by atoms with Crippen LogP contribution in [0, 0.1) is 17.8 Å². The highest BCUT2D eigenvalue weighted by atomic mass is 14.9. The molecule has 20 heavy (non-hydrogen) atoms. The zero-order valence-corrected chi connectivity index (χ0v) is 12.0. The van der Waals surface area contributed by atoms with Gasteiger partial charge < -0.3 is 5.73 Å². The average Bonchev–Trinajstić information content (AvgIpc) is 2.78. The number of aryl methyl sites for hydroxylation is 1. The largest absolute Gasteiger partial charge is 0.324 e. The first-order chi connectivity index (χ1) is 9.72. The van der Waals surface area contributed by atoms with E-state index in [-0.39, 0.29) is 6.04 Å². The monoisotopic (exact) mass is 269 g/mol. The topological polar surface area (TPSA) is 51.8 Å². The Morgan fingerprint density at radius 3 is 2.35 bits per heavy atom. The van der Waals surface area contributed by atoms with Crippen LogP contribution >= 0.6 is 0 Å². The lowest BCUT2D eigenvalue weighted by Gasteiger charge is -2.56. The molecule has 0 saturated heterocycles. The second-order valence-corrected chi connectivity index (χ2v) is 7.94. The summed E-state index contributed by atoms with van der Waals surface area (Å²) in [7, 11) is 0. The van der Waals surface area contributed by atoms with E-state index in [1.807, 2.05) is 6.20 Å². The molecular formula is C17H23N3. The Morgan fingerprint density at radius 2 is 1.70 bits per heavy atom. The third-order valence-electron chi connectivity index (χ3n) is 6.50. The minimum Gasteiger partial charge on any atom is -0.324 e. The van der Waals surface area contributed by atoms with Crippen LogP contribution < -0.4 is 5.73 Å². The molecule has 3 nitrogen and oxygen atoms in total. The van der Waals surface area contributed by atoms with Gasteiger partial charge in [-0.15, -0.1) is 0 Å². The van der Waals surface area contributed by atoms with Crippen molar-refractivity contribution in [3.8, 4) is 0 Å². The zero-order valence-electron chi connectivity index (χ0n) is 12.0. The first kappa shape index (κ1) is 11.7. The summed E-state index contributed by atoms with van der Waals surface area (Å²) in [5, 5.41) is 0. The van der Waals surface area contributed by atoms with Gasteiger partial charge in [-0.05, 0) is 69.1 Å². The molecule has 4 bridgehead atoms. The van der Waals surface area contributed by atoms with Crippen molar-refractivity contribution in [3.63, 3.8) is 0 Å². The maximum absolute atomic E-state index is 6.12. The van der Waals surface area contributed by atoms with E-state index >= 15 is 0 Å². The first-order valence-electron chi connectivity index (χ1n) is 8.34. The molecule has 0 spiro atoms. The van der Waals surface area contributed by atoms with Crippen molar-refractivity contribution in [1.29, 1.82) is 0 Å². The Balaban J connectivity index is 1.57. The molecule has 2 N–H and O–H groups in total. The number of fused-ring (bicyclic) bond motifs is 1. The maximum atomic E-state index is 6.12. The van der Waals surface area contributed by atoms with Crippen molar-refractivity contribution in [2.45, 2.75) is 62.8 Å². The predicted octanol–water partition coefficient (Wildman–Crippen LogP) is 2.89. The predicted molar refractivity (Wildman–Crippen MR) is 77.1 cm³/mol. The van der Waals surface area contributed by atoms with Gasteiger partial charge in [0.05, 0.1) is 0 Å². The summed E-state index contributed by atoms with van der Waals surface area (Å²) in [6.45, 7) is 0. The Morgan fingerprint density at radius 1 is 1.05 bits per heavy atom. The Hall–Kier alpha value is -0.960. The molecule has 0 aliphatic heterocycles. The van der Waals surface area contributed by atoms with Gasteiger partial charge in [0.2, 0.25) is 0 Å². The summed E-state index contributed by atoms with van der Waals surface area (Å²) in [5.41, 5.74) is 8.91. The van der Waals surface area contributed by atoms with Crippen LogP contribution in [0.25, 0.3) is 0 Å². The molecule has 0 amide bonds. The fourth-order valence-electron chi connectivity index (χ4n) is 6.02. The minimum absolute atomic E-state index is 0.176. The highest BCUT2D eigenvalue weighted by molar-refractivity contribution is 5.29. The number of nitrogens with two attached hydrogens (primary N) is 1. The van der Waals surface area contributed by atoms with E-state index in [0.29, 0.717) is 5.41 Å². The number of aromatic nitrogens is 2. The number of nitrogens with zero attached hydrogens (tertiary/aromatic N) is 2. The smallest absolute Gasteiger partial charge is 0.134 e. The van der Waals surface area contributed by atoms with Crippen LogP contribution in [0.4, 0.5) is 0 Å². The van der Waals surface area contributed by atoms with Crippen molar-refractivity contribution in [1.82, 2.24) is 9.97 Å². The molecule has 3 heteroatoms. The van der Waals surface area contributed by atoms with Crippen LogP contribution in [0.2, 0.25) is 0 Å². The van der Waals surface area contributed by atoms with Crippen LogP contribution in [0.15, 0.2) is 6.20 Å². The van der Waals surface area contributed by atoms with E-state index in [2.05, 4.69) is 0 Å². The molecule has 6 rings (SSSR count). The van der Waals surface area contributed by atoms with Crippen molar-refractivity contribution in [2.75, 3.05) is 0 Å². The molecule has 4 saturated carbocycles. The van der Waals surface area contributed by atoms with Crippen LogP contribution in [0.5, 0.6) is 0 Å². The SMILES string of the molecule is NC1CCc2nc(C34CC5CC(CC(C5)C3)C4)ncc21. The Bertz CT molecular complexity index is 530. The van der Waals surface area contributed by atoms with Gasteiger partial charge in [0.25, 0.3) is 0 Å². The van der Waals surface area contributed by atoms with Gasteiger partial charge in [0.15, 0.2) is 0 Å². The van der Waals surface area contributed by atoms with E-state index in [1.54, 1.807) is 0 Å². The van der Waals surface area contributed by atoms with Crippen molar-refractivity contribution < 1.29 is 0 Å². The lowest BCUT2D eigenvalue weighted by molar-refractivity contribution is -0.00949. The van der Waals surface area contributed by atoms with Gasteiger partial charge in [-0.25, -0.2) is 9.97 Å². The molecule has 1 atom stereocenters. The van der Waals surface area contributed by atoms with Gasteiger partial charge >= 0.3 is 0 Å². The van der Waals surface area contributed by atoms with Crippen molar-refractivity contribution in [3.05, 3.63) is 23.3 Å². The summed E-state index contributed by atoms with van der Waals surface area (Å²) < 4.78 is 0. The van der Waals surface area contributed by atoms with Crippen molar-refractivity contribution in [2.24, 2.45) is 23.5 Å². The lowest BCUT2D eigenvalue weighted by Crippen LogP contribution is -2.49. The first-order valence-corrected chi connectivity index (χ1v) is 8.34. The molecule has 106 valence electrons. The fourth-order valence-corrected chi connectivity index (χ4v) is 6.02. The number of rotatable bonds is 1. The van der Waals surface area contributed by atoms with E-state index in [1.165, 1.54) is 55.6 Å². The highest BCUT2D eigenvalue weighted by Gasteiger charge is 2.53. The van der Waals surface area contributed by atoms with Gasteiger partial charge in [-0.2, -0.15) is 0 Å². The third-order valence-corrected chi connectivity index (χ3v) is 6.50. The summed E-state index contributed by atoms with van der Waals surface area (Å²) in [4.78, 5) is 9.80. The third kappa shape index (κ3) is 1.50. The van der Waals surface area contributed by atoms with Gasteiger partial charge in [0, 0.05) is 28.9 Å². The molecule has 1 heterocycles. The van der Waals surface area contributed by atoms with E-state index < -0.39 is 0 Å². The molecule has 1 unspecified atom stereocenters. The molecule has 0 radical (unpaired) electrons. The molecule has 5 aliphatic carbocycles. The quantitative estimate of drug-likeness (QED) is 0.853. The summed E-state index contributed by atoms with van der Waals surface area (Å²) >= 11 is 0. The zero-order chi connectivity index (χ0) is 13.3. The van der Waals surface area contributed by atoms with Gasteiger partial charge in [-0.1, -0.05) is 0 Å². The summed E-state index contributed by atoms with van der Waals surface area (Å²) in [6, 6.07) is 0.176. The number of hydrogen-bond donors (Lipinski definition) is 1. The second-order valence-electron chi connectivity index (χ2n) is 7.94. The second kappa shape index (κ2) is 3.82. The standard InChI is InChI=1S/C17H23N3/c18-14-1-2-15-13(14)9-19-16(20-15)17-6-10-3-11(7-17)5-12(4-10)8-17/h9-12,14H,1-8,18H2. The maximum Gasteiger partial charge on any atom is 0.134 e. The van der Waals surface area contributed by atoms with Gasteiger partial charge in [0.1, 0.15) is 5.82 Å². The average molecular weight is 269 g/mol. The Labute approximate surface area is 120 Å². The van der Waals surface area contributed by atoms with Gasteiger partial charge in [-0.3, -0.25) is 0 Å². The van der Waals surface area contributed by atoms with E-state index in [0.717, 1.165) is 30.6 Å². The number of hydrogen-bond acceptors (Lipinski definition) is 3. The van der Waals surface area contributed by atoms with Crippen molar-refractivity contribution >= 4 is 0 Å². The molecule has 1 aromatic rings. The lowest BCUT2D eigenvalue weighted by atomic mass is 9.49. The summed E-state index contributed by atoms with van der Waals surface area (Å²) in [6.07, 6.45) is 12.7. The van der Waals surface area contributed by atoms with Crippen LogP contribution in [0.1, 0.15) is 68.1 Å².